The number of rotatable bonds is 7. The van der Waals surface area contributed by atoms with Crippen molar-refractivity contribution < 1.29 is 9.53 Å². The van der Waals surface area contributed by atoms with Crippen molar-refractivity contribution in [2.45, 2.75) is 55.7 Å². The maximum atomic E-state index is 12.6. The van der Waals surface area contributed by atoms with Gasteiger partial charge in [-0.2, -0.15) is 0 Å². The lowest BCUT2D eigenvalue weighted by Crippen LogP contribution is -2.26. The normalized spacial score (nSPS) is 20.2. The summed E-state index contributed by atoms with van der Waals surface area (Å²) in [5.41, 5.74) is 0. The first-order chi connectivity index (χ1) is 14.1. The fourth-order valence-corrected chi connectivity index (χ4v) is 4.53. The molecule has 0 spiro atoms. The Kier molecular flexibility index (Phi) is 6.56. The number of pyridine rings is 1. The van der Waals surface area contributed by atoms with E-state index in [4.69, 9.17) is 16.3 Å². The molecule has 2 aliphatic rings. The van der Waals surface area contributed by atoms with Crippen molar-refractivity contribution in [3.63, 3.8) is 0 Å². The summed E-state index contributed by atoms with van der Waals surface area (Å²) in [6, 6.07) is 3.38. The van der Waals surface area contributed by atoms with Crippen LogP contribution in [0, 0.1) is 0 Å². The molecule has 2 saturated heterocycles. The molecular formula is C19H25ClN6O2S. The monoisotopic (exact) mass is 436 g/mol. The molecule has 4 heterocycles. The fraction of sp³-hybridized carbons (Fsp3) is 0.579. The van der Waals surface area contributed by atoms with Crippen molar-refractivity contribution in [2.75, 3.05) is 29.9 Å². The number of hydrogen-bond donors (Lipinski definition) is 1. The molecule has 2 aliphatic heterocycles. The molecule has 0 bridgehead atoms. The molecule has 1 amide bonds. The molecule has 0 saturated carbocycles. The minimum Gasteiger partial charge on any atom is -0.376 e. The van der Waals surface area contributed by atoms with Gasteiger partial charge in [-0.05, 0) is 44.7 Å². The Morgan fingerprint density at radius 3 is 2.86 bits per heavy atom. The molecule has 2 aromatic heterocycles. The average molecular weight is 437 g/mol. The lowest BCUT2D eigenvalue weighted by molar-refractivity contribution is -0.115. The minimum absolute atomic E-state index is 0.140. The second kappa shape index (κ2) is 9.32. The van der Waals surface area contributed by atoms with Crippen molar-refractivity contribution in [1.82, 2.24) is 19.7 Å². The maximum Gasteiger partial charge on any atom is 0.238 e. The molecule has 8 nitrogen and oxygen atoms in total. The summed E-state index contributed by atoms with van der Waals surface area (Å²) >= 11 is 7.25. The van der Waals surface area contributed by atoms with Gasteiger partial charge < -0.3 is 15.0 Å². The largest absolute Gasteiger partial charge is 0.376 e. The van der Waals surface area contributed by atoms with E-state index in [-0.39, 0.29) is 17.3 Å². The van der Waals surface area contributed by atoms with E-state index in [1.807, 2.05) is 6.92 Å². The number of anilines is 2. The van der Waals surface area contributed by atoms with Crippen LogP contribution in [0.5, 0.6) is 0 Å². The molecule has 10 heteroatoms. The summed E-state index contributed by atoms with van der Waals surface area (Å²) in [5.74, 6) is 1.22. The van der Waals surface area contributed by atoms with Crippen LogP contribution in [0.25, 0.3) is 0 Å². The molecule has 0 aliphatic carbocycles. The number of halogens is 1. The first kappa shape index (κ1) is 20.4. The zero-order valence-electron chi connectivity index (χ0n) is 16.4. The van der Waals surface area contributed by atoms with Crippen molar-refractivity contribution in [3.05, 3.63) is 23.4 Å². The fourth-order valence-electron chi connectivity index (χ4n) is 3.56. The molecule has 2 atom stereocenters. The Bertz CT molecular complexity index is 834. The standard InChI is InChI=1S/C19H25ClN6O2S/c1-13(17(27)22-16-7-6-14(20)11-21-16)29-19-24-23-18(25-8-2-3-9-25)26(19)12-15-5-4-10-28-15/h6-7,11,13,15H,2-5,8-10,12H2,1H3,(H,21,22,27)/t13-,15-/m0/s1. The van der Waals surface area contributed by atoms with Crippen LogP contribution in [0.15, 0.2) is 23.5 Å². The number of carbonyl (C=O) groups excluding carboxylic acids is 1. The van der Waals surface area contributed by atoms with Crippen molar-refractivity contribution >= 4 is 41.0 Å². The van der Waals surface area contributed by atoms with Crippen molar-refractivity contribution in [2.24, 2.45) is 0 Å². The van der Waals surface area contributed by atoms with Crippen LogP contribution < -0.4 is 10.2 Å². The predicted octanol–water partition coefficient (Wildman–Crippen LogP) is 3.23. The molecule has 29 heavy (non-hydrogen) atoms. The van der Waals surface area contributed by atoms with Gasteiger partial charge in [0.25, 0.3) is 0 Å². The number of aromatic nitrogens is 4. The van der Waals surface area contributed by atoms with Gasteiger partial charge >= 0.3 is 0 Å². The first-order valence-corrected chi connectivity index (χ1v) is 11.2. The van der Waals surface area contributed by atoms with Gasteiger partial charge in [0.05, 0.1) is 22.9 Å². The highest BCUT2D eigenvalue weighted by atomic mass is 35.5. The topological polar surface area (TPSA) is 85.2 Å². The van der Waals surface area contributed by atoms with E-state index in [2.05, 4.69) is 30.0 Å². The summed E-state index contributed by atoms with van der Waals surface area (Å²) in [4.78, 5) is 19.0. The average Bonchev–Trinajstić information content (AvgIpc) is 3.47. The first-order valence-electron chi connectivity index (χ1n) is 9.99. The predicted molar refractivity (Wildman–Crippen MR) is 114 cm³/mol. The third-order valence-electron chi connectivity index (χ3n) is 5.13. The van der Waals surface area contributed by atoms with Gasteiger partial charge in [-0.1, -0.05) is 23.4 Å². The minimum atomic E-state index is -0.355. The molecule has 1 N–H and O–H groups in total. The molecule has 156 valence electrons. The highest BCUT2D eigenvalue weighted by molar-refractivity contribution is 8.00. The quantitative estimate of drug-likeness (QED) is 0.667. The summed E-state index contributed by atoms with van der Waals surface area (Å²) in [5, 5.41) is 12.6. The second-order valence-corrected chi connectivity index (χ2v) is 9.08. The summed E-state index contributed by atoms with van der Waals surface area (Å²) < 4.78 is 7.96. The van der Waals surface area contributed by atoms with Crippen molar-refractivity contribution in [3.8, 4) is 0 Å². The van der Waals surface area contributed by atoms with Crippen LogP contribution in [-0.2, 0) is 16.1 Å². The molecule has 0 radical (unpaired) electrons. The van der Waals surface area contributed by atoms with Gasteiger partial charge in [0, 0.05) is 25.9 Å². The Balaban J connectivity index is 1.47. The summed E-state index contributed by atoms with van der Waals surface area (Å²) in [6.07, 6.45) is 6.15. The SMILES string of the molecule is C[C@H](Sc1nnc(N2CCCC2)n1C[C@@H]1CCCO1)C(=O)Nc1ccc(Cl)cn1. The number of ether oxygens (including phenoxy) is 1. The van der Waals surface area contributed by atoms with E-state index in [1.165, 1.54) is 30.8 Å². The van der Waals surface area contributed by atoms with Crippen LogP contribution >= 0.6 is 23.4 Å². The van der Waals surface area contributed by atoms with E-state index in [0.29, 0.717) is 17.4 Å². The second-order valence-electron chi connectivity index (χ2n) is 7.33. The lowest BCUT2D eigenvalue weighted by atomic mass is 10.2. The lowest BCUT2D eigenvalue weighted by Gasteiger charge is -2.21. The number of nitrogens with zero attached hydrogens (tertiary/aromatic N) is 5. The van der Waals surface area contributed by atoms with Crippen LogP contribution in [0.3, 0.4) is 0 Å². The molecule has 0 aromatic carbocycles. The molecular weight excluding hydrogens is 412 g/mol. The van der Waals surface area contributed by atoms with Gasteiger partial charge in [0.15, 0.2) is 5.16 Å². The third kappa shape index (κ3) is 5.02. The molecule has 4 rings (SSSR count). The number of thioether (sulfide) groups is 1. The zero-order valence-corrected chi connectivity index (χ0v) is 18.0. The number of hydrogen-bond acceptors (Lipinski definition) is 7. The summed E-state index contributed by atoms with van der Waals surface area (Å²) in [7, 11) is 0. The highest BCUT2D eigenvalue weighted by Gasteiger charge is 2.27. The van der Waals surface area contributed by atoms with Gasteiger partial charge in [0.1, 0.15) is 5.82 Å². The number of nitrogens with one attached hydrogen (secondary N) is 1. The number of carbonyl (C=O) groups is 1. The van der Waals surface area contributed by atoms with E-state index in [0.717, 1.165) is 43.6 Å². The Morgan fingerprint density at radius 2 is 2.17 bits per heavy atom. The van der Waals surface area contributed by atoms with Gasteiger partial charge in [0.2, 0.25) is 11.9 Å². The van der Waals surface area contributed by atoms with E-state index < -0.39 is 0 Å². The van der Waals surface area contributed by atoms with Crippen LogP contribution in [-0.4, -0.2) is 56.7 Å². The van der Waals surface area contributed by atoms with E-state index in [1.54, 1.807) is 12.1 Å². The van der Waals surface area contributed by atoms with Gasteiger partial charge in [-0.3, -0.25) is 9.36 Å². The molecule has 0 unspecified atom stereocenters. The summed E-state index contributed by atoms with van der Waals surface area (Å²) in [6.45, 7) is 5.37. The van der Waals surface area contributed by atoms with E-state index >= 15 is 0 Å². The van der Waals surface area contributed by atoms with Crippen LogP contribution in [0.4, 0.5) is 11.8 Å². The maximum absolute atomic E-state index is 12.6. The third-order valence-corrected chi connectivity index (χ3v) is 6.43. The molecule has 2 fully saturated rings. The van der Waals surface area contributed by atoms with Gasteiger partial charge in [-0.15, -0.1) is 10.2 Å². The Morgan fingerprint density at radius 1 is 1.34 bits per heavy atom. The van der Waals surface area contributed by atoms with Crippen LogP contribution in [0.1, 0.15) is 32.6 Å². The van der Waals surface area contributed by atoms with Crippen LogP contribution in [0.2, 0.25) is 5.02 Å². The van der Waals surface area contributed by atoms with E-state index in [9.17, 15) is 4.79 Å². The Hall–Kier alpha value is -1.84. The highest BCUT2D eigenvalue weighted by Crippen LogP contribution is 2.29. The van der Waals surface area contributed by atoms with Crippen molar-refractivity contribution in [1.29, 1.82) is 0 Å². The number of amides is 1. The smallest absolute Gasteiger partial charge is 0.238 e. The van der Waals surface area contributed by atoms with Gasteiger partial charge in [-0.25, -0.2) is 4.98 Å². The Labute approximate surface area is 179 Å². The molecule has 2 aromatic rings. The zero-order chi connectivity index (χ0) is 20.2.